The van der Waals surface area contributed by atoms with Crippen LogP contribution in [0.1, 0.15) is 41.0 Å². The number of benzene rings is 1. The molecule has 0 radical (unpaired) electrons. The van der Waals surface area contributed by atoms with Gasteiger partial charge in [-0.05, 0) is 49.6 Å². The molecule has 1 N–H and O–H groups in total. The van der Waals surface area contributed by atoms with Gasteiger partial charge in [-0.1, -0.05) is 23.8 Å². The Morgan fingerprint density at radius 2 is 1.85 bits per heavy atom. The standard InChI is InChI=1S/C21H22N2O3/c1-12-8-13(2)19(14(3)9-12)20-16(24)10-15(21(20)26)11-18(25)23-17-6-4-5-7-22-17/h4-9,15,20H,10-11H2,1-3H3,(H,22,23,25). The molecule has 1 saturated carbocycles. The number of hydrogen-bond donors (Lipinski definition) is 1. The van der Waals surface area contributed by atoms with E-state index in [2.05, 4.69) is 10.3 Å². The van der Waals surface area contributed by atoms with E-state index in [4.69, 9.17) is 0 Å². The predicted octanol–water partition coefficient (Wildman–Crippen LogP) is 3.28. The monoisotopic (exact) mass is 350 g/mol. The lowest BCUT2D eigenvalue weighted by molar-refractivity contribution is -0.127. The highest BCUT2D eigenvalue weighted by molar-refractivity contribution is 6.16. The number of nitrogens with one attached hydrogen (secondary N) is 1. The molecule has 1 heterocycles. The van der Waals surface area contributed by atoms with Gasteiger partial charge in [-0.3, -0.25) is 14.4 Å². The van der Waals surface area contributed by atoms with E-state index in [1.807, 2.05) is 32.9 Å². The van der Waals surface area contributed by atoms with Gasteiger partial charge in [-0.2, -0.15) is 0 Å². The van der Waals surface area contributed by atoms with Crippen LogP contribution in [0.2, 0.25) is 0 Å². The first kappa shape index (κ1) is 18.0. The van der Waals surface area contributed by atoms with Crippen LogP contribution in [0.4, 0.5) is 5.82 Å². The van der Waals surface area contributed by atoms with Crippen molar-refractivity contribution >= 4 is 23.3 Å². The van der Waals surface area contributed by atoms with Gasteiger partial charge in [0.05, 0.1) is 0 Å². The second-order valence-corrected chi connectivity index (χ2v) is 6.98. The van der Waals surface area contributed by atoms with Crippen molar-refractivity contribution in [2.45, 2.75) is 39.5 Å². The normalized spacial score (nSPS) is 19.7. The fourth-order valence-electron chi connectivity index (χ4n) is 3.83. The van der Waals surface area contributed by atoms with Crippen LogP contribution in [0.25, 0.3) is 0 Å². The quantitative estimate of drug-likeness (QED) is 0.859. The molecule has 5 nitrogen and oxygen atoms in total. The van der Waals surface area contributed by atoms with Crippen molar-refractivity contribution in [3.8, 4) is 0 Å². The zero-order chi connectivity index (χ0) is 18.8. The SMILES string of the molecule is Cc1cc(C)c(C2C(=O)CC(CC(=O)Nc3ccccn3)C2=O)c(C)c1. The molecule has 1 aromatic carbocycles. The number of amides is 1. The molecule has 2 unspecified atom stereocenters. The van der Waals surface area contributed by atoms with Crippen molar-refractivity contribution in [3.63, 3.8) is 0 Å². The van der Waals surface area contributed by atoms with E-state index in [1.54, 1.807) is 24.4 Å². The summed E-state index contributed by atoms with van der Waals surface area (Å²) in [6, 6.07) is 9.19. The molecule has 1 aromatic heterocycles. The van der Waals surface area contributed by atoms with Crippen LogP contribution in [-0.2, 0) is 14.4 Å². The predicted molar refractivity (Wildman–Crippen MR) is 99.0 cm³/mol. The Morgan fingerprint density at radius 1 is 1.15 bits per heavy atom. The molecule has 5 heteroatoms. The maximum absolute atomic E-state index is 12.9. The lowest BCUT2D eigenvalue weighted by Gasteiger charge is -2.16. The zero-order valence-corrected chi connectivity index (χ0v) is 15.2. The van der Waals surface area contributed by atoms with Crippen molar-refractivity contribution in [2.75, 3.05) is 5.32 Å². The molecule has 2 atom stereocenters. The van der Waals surface area contributed by atoms with Gasteiger partial charge >= 0.3 is 0 Å². The molecule has 1 aliphatic carbocycles. The minimum Gasteiger partial charge on any atom is -0.311 e. The van der Waals surface area contributed by atoms with Crippen LogP contribution in [0, 0.1) is 26.7 Å². The summed E-state index contributed by atoms with van der Waals surface area (Å²) < 4.78 is 0. The summed E-state index contributed by atoms with van der Waals surface area (Å²) in [5.41, 5.74) is 3.81. The van der Waals surface area contributed by atoms with E-state index in [0.29, 0.717) is 5.82 Å². The second kappa shape index (κ2) is 7.20. The highest BCUT2D eigenvalue weighted by atomic mass is 16.2. The molecule has 0 aliphatic heterocycles. The van der Waals surface area contributed by atoms with Gasteiger partial charge in [0.25, 0.3) is 0 Å². The third-order valence-electron chi connectivity index (χ3n) is 4.85. The Kier molecular flexibility index (Phi) is 4.98. The second-order valence-electron chi connectivity index (χ2n) is 6.98. The molecule has 2 aromatic rings. The molecule has 1 fully saturated rings. The van der Waals surface area contributed by atoms with E-state index in [9.17, 15) is 14.4 Å². The van der Waals surface area contributed by atoms with Crippen LogP contribution in [0.3, 0.4) is 0 Å². The highest BCUT2D eigenvalue weighted by Crippen LogP contribution is 2.37. The largest absolute Gasteiger partial charge is 0.311 e. The molecular formula is C21H22N2O3. The number of aryl methyl sites for hydroxylation is 3. The Bertz CT molecular complexity index is 851. The van der Waals surface area contributed by atoms with Gasteiger partial charge in [0, 0.05) is 25.0 Å². The number of Topliss-reactive ketones (excluding diaryl/α,β-unsaturated/α-hetero) is 2. The number of carbonyl (C=O) groups is 3. The molecule has 134 valence electrons. The summed E-state index contributed by atoms with van der Waals surface area (Å²) in [6.07, 6.45) is 1.70. The molecule has 0 bridgehead atoms. The lowest BCUT2D eigenvalue weighted by atomic mass is 9.86. The van der Waals surface area contributed by atoms with Crippen molar-refractivity contribution in [3.05, 3.63) is 58.8 Å². The van der Waals surface area contributed by atoms with Gasteiger partial charge in [0.15, 0.2) is 5.78 Å². The summed E-state index contributed by atoms with van der Waals surface area (Å²) in [7, 11) is 0. The van der Waals surface area contributed by atoms with Crippen LogP contribution in [-0.4, -0.2) is 22.5 Å². The number of rotatable bonds is 4. The number of aromatic nitrogens is 1. The number of ketones is 2. The molecule has 3 rings (SSSR count). The van der Waals surface area contributed by atoms with Crippen molar-refractivity contribution in [2.24, 2.45) is 5.92 Å². The Hall–Kier alpha value is -2.82. The Labute approximate surface area is 152 Å². The van der Waals surface area contributed by atoms with E-state index < -0.39 is 11.8 Å². The van der Waals surface area contributed by atoms with E-state index in [0.717, 1.165) is 22.3 Å². The van der Waals surface area contributed by atoms with E-state index in [-0.39, 0.29) is 30.3 Å². The summed E-state index contributed by atoms with van der Waals surface area (Å²) in [6.45, 7) is 5.85. The van der Waals surface area contributed by atoms with Crippen LogP contribution >= 0.6 is 0 Å². The number of carbonyl (C=O) groups excluding carboxylic acids is 3. The minimum absolute atomic E-state index is 0.00159. The first-order valence-corrected chi connectivity index (χ1v) is 8.72. The average Bonchev–Trinajstić information content (AvgIpc) is 2.82. The van der Waals surface area contributed by atoms with E-state index >= 15 is 0 Å². The maximum Gasteiger partial charge on any atom is 0.226 e. The smallest absolute Gasteiger partial charge is 0.226 e. The van der Waals surface area contributed by atoms with Crippen molar-refractivity contribution < 1.29 is 14.4 Å². The molecular weight excluding hydrogens is 328 g/mol. The lowest BCUT2D eigenvalue weighted by Crippen LogP contribution is -2.22. The first-order valence-electron chi connectivity index (χ1n) is 8.72. The molecule has 1 amide bonds. The highest BCUT2D eigenvalue weighted by Gasteiger charge is 2.43. The fourth-order valence-corrected chi connectivity index (χ4v) is 3.83. The molecule has 0 spiro atoms. The van der Waals surface area contributed by atoms with Gasteiger partial charge in [-0.15, -0.1) is 0 Å². The zero-order valence-electron chi connectivity index (χ0n) is 15.2. The number of nitrogens with zero attached hydrogens (tertiary/aromatic N) is 1. The summed E-state index contributed by atoms with van der Waals surface area (Å²) in [5, 5.41) is 2.68. The molecule has 0 saturated heterocycles. The average molecular weight is 350 g/mol. The van der Waals surface area contributed by atoms with Crippen LogP contribution in [0.5, 0.6) is 0 Å². The van der Waals surface area contributed by atoms with Crippen LogP contribution in [0.15, 0.2) is 36.5 Å². The topological polar surface area (TPSA) is 76.1 Å². The fraction of sp³-hybridized carbons (Fsp3) is 0.333. The third kappa shape index (κ3) is 3.57. The van der Waals surface area contributed by atoms with E-state index in [1.165, 1.54) is 0 Å². The van der Waals surface area contributed by atoms with Gasteiger partial charge in [0.2, 0.25) is 5.91 Å². The van der Waals surface area contributed by atoms with Crippen LogP contribution < -0.4 is 5.32 Å². The van der Waals surface area contributed by atoms with Gasteiger partial charge in [-0.25, -0.2) is 4.98 Å². The Balaban J connectivity index is 1.76. The summed E-state index contributed by atoms with van der Waals surface area (Å²) in [5.74, 6) is -1.43. The minimum atomic E-state index is -0.747. The van der Waals surface area contributed by atoms with Crippen molar-refractivity contribution in [1.29, 1.82) is 0 Å². The Morgan fingerprint density at radius 3 is 2.46 bits per heavy atom. The number of pyridine rings is 1. The first-order chi connectivity index (χ1) is 12.4. The summed E-state index contributed by atoms with van der Waals surface area (Å²) in [4.78, 5) is 41.7. The number of hydrogen-bond acceptors (Lipinski definition) is 4. The third-order valence-corrected chi connectivity index (χ3v) is 4.85. The maximum atomic E-state index is 12.9. The van der Waals surface area contributed by atoms with Gasteiger partial charge in [0.1, 0.15) is 17.5 Å². The molecule has 26 heavy (non-hydrogen) atoms. The van der Waals surface area contributed by atoms with Crippen molar-refractivity contribution in [1.82, 2.24) is 4.98 Å². The number of anilines is 1. The van der Waals surface area contributed by atoms with Gasteiger partial charge < -0.3 is 5.32 Å². The summed E-state index contributed by atoms with van der Waals surface area (Å²) >= 11 is 0. The molecule has 1 aliphatic rings.